The molecule has 5 heteroatoms. The molecule has 106 valence electrons. The molecule has 0 saturated heterocycles. The van der Waals surface area contributed by atoms with Gasteiger partial charge in [-0.05, 0) is 30.0 Å². The average Bonchev–Trinajstić information content (AvgIpc) is 2.44. The van der Waals surface area contributed by atoms with Gasteiger partial charge in [-0.3, -0.25) is 0 Å². The molecular weight excluding hydrogens is 280 g/mol. The molecule has 2 N–H and O–H groups in total. The van der Waals surface area contributed by atoms with Crippen LogP contribution in [0.2, 0.25) is 0 Å². The number of hydrogen-bond donors (Lipinski definition) is 1. The molecule has 0 aliphatic heterocycles. The molecule has 0 aliphatic rings. The molecule has 0 spiro atoms. The van der Waals surface area contributed by atoms with Gasteiger partial charge in [0.25, 0.3) is 0 Å². The zero-order chi connectivity index (χ0) is 14.5. The predicted molar refractivity (Wildman–Crippen MR) is 77.2 cm³/mol. The van der Waals surface area contributed by atoms with Gasteiger partial charge in [-0.2, -0.15) is 0 Å². The Hall–Kier alpha value is -1.59. The van der Waals surface area contributed by atoms with E-state index in [1.165, 1.54) is 6.07 Å². The summed E-state index contributed by atoms with van der Waals surface area (Å²) in [7, 11) is 0. The first-order valence-electron chi connectivity index (χ1n) is 6.23. The monoisotopic (exact) mass is 295 g/mol. The zero-order valence-electron chi connectivity index (χ0n) is 11.0. The van der Waals surface area contributed by atoms with Crippen molar-refractivity contribution in [3.05, 3.63) is 53.6 Å². The molecule has 0 heterocycles. The molecular formula is C15H15F2NOS. The van der Waals surface area contributed by atoms with Gasteiger partial charge in [-0.1, -0.05) is 13.0 Å². The first-order chi connectivity index (χ1) is 9.65. The summed E-state index contributed by atoms with van der Waals surface area (Å²) in [5.41, 5.74) is 6.63. The predicted octanol–water partition coefficient (Wildman–Crippen LogP) is 4.33. The van der Waals surface area contributed by atoms with Crippen molar-refractivity contribution in [2.75, 3.05) is 5.75 Å². The lowest BCUT2D eigenvalue weighted by Gasteiger charge is -2.13. The van der Waals surface area contributed by atoms with Crippen molar-refractivity contribution < 1.29 is 13.5 Å². The van der Waals surface area contributed by atoms with E-state index in [9.17, 15) is 8.78 Å². The van der Waals surface area contributed by atoms with Crippen molar-refractivity contribution in [2.45, 2.75) is 18.4 Å². The minimum absolute atomic E-state index is 0.247. The highest BCUT2D eigenvalue weighted by atomic mass is 32.2. The van der Waals surface area contributed by atoms with Crippen LogP contribution in [0.25, 0.3) is 0 Å². The Morgan fingerprint density at radius 2 is 1.95 bits per heavy atom. The average molecular weight is 295 g/mol. The second kappa shape index (κ2) is 6.72. The largest absolute Gasteiger partial charge is 0.457 e. The first-order valence-corrected chi connectivity index (χ1v) is 7.22. The van der Waals surface area contributed by atoms with E-state index in [0.717, 1.165) is 28.3 Å². The van der Waals surface area contributed by atoms with Crippen LogP contribution >= 0.6 is 11.8 Å². The number of thioether (sulfide) groups is 1. The summed E-state index contributed by atoms with van der Waals surface area (Å²) in [6.45, 7) is 2.37. The fourth-order valence-electron chi connectivity index (χ4n) is 1.80. The van der Waals surface area contributed by atoms with Gasteiger partial charge in [0, 0.05) is 23.1 Å². The Morgan fingerprint density at radius 1 is 1.15 bits per heavy atom. The molecule has 2 nitrogen and oxygen atoms in total. The molecule has 0 saturated carbocycles. The van der Waals surface area contributed by atoms with Crippen LogP contribution < -0.4 is 10.5 Å². The summed E-state index contributed by atoms with van der Waals surface area (Å²) in [6.07, 6.45) is 0. The van der Waals surface area contributed by atoms with Gasteiger partial charge in [0.2, 0.25) is 0 Å². The Balaban J connectivity index is 2.32. The smallest absolute Gasteiger partial charge is 0.162 e. The Kier molecular flexibility index (Phi) is 4.98. The fraction of sp³-hybridized carbons (Fsp3) is 0.200. The van der Waals surface area contributed by atoms with Crippen LogP contribution in [0.5, 0.6) is 11.5 Å². The van der Waals surface area contributed by atoms with Gasteiger partial charge in [0.1, 0.15) is 11.5 Å². The Bertz CT molecular complexity index is 604. The van der Waals surface area contributed by atoms with Gasteiger partial charge in [-0.25, -0.2) is 8.78 Å². The van der Waals surface area contributed by atoms with E-state index in [4.69, 9.17) is 10.5 Å². The minimum atomic E-state index is -0.934. The molecule has 20 heavy (non-hydrogen) atoms. The maximum absolute atomic E-state index is 13.2. The third-order valence-corrected chi connectivity index (χ3v) is 3.70. The van der Waals surface area contributed by atoms with Gasteiger partial charge < -0.3 is 10.5 Å². The highest BCUT2D eigenvalue weighted by Crippen LogP contribution is 2.33. The van der Waals surface area contributed by atoms with Crippen molar-refractivity contribution in [3.8, 4) is 11.5 Å². The first kappa shape index (κ1) is 14.8. The highest BCUT2D eigenvalue weighted by Gasteiger charge is 2.10. The van der Waals surface area contributed by atoms with Crippen LogP contribution in [0.3, 0.4) is 0 Å². The molecule has 0 unspecified atom stereocenters. The summed E-state index contributed by atoms with van der Waals surface area (Å²) >= 11 is 1.66. The van der Waals surface area contributed by atoms with Gasteiger partial charge >= 0.3 is 0 Å². The zero-order valence-corrected chi connectivity index (χ0v) is 11.8. The standard InChI is InChI=1S/C15H15F2NOS/c1-2-20-15-5-3-4-14(11(15)9-18)19-10-6-7-12(16)13(17)8-10/h3-8H,2,9,18H2,1H3. The normalized spacial score (nSPS) is 10.6. The summed E-state index contributed by atoms with van der Waals surface area (Å²) in [6, 6.07) is 9.04. The van der Waals surface area contributed by atoms with Crippen LogP contribution in [-0.2, 0) is 6.54 Å². The SMILES string of the molecule is CCSc1cccc(Oc2ccc(F)c(F)c2)c1CN. The van der Waals surface area contributed by atoms with Crippen LogP contribution in [0.15, 0.2) is 41.3 Å². The Morgan fingerprint density at radius 3 is 2.60 bits per heavy atom. The minimum Gasteiger partial charge on any atom is -0.457 e. The number of hydrogen-bond acceptors (Lipinski definition) is 3. The molecule has 2 aromatic rings. The van der Waals surface area contributed by atoms with Crippen LogP contribution in [-0.4, -0.2) is 5.75 Å². The van der Waals surface area contributed by atoms with Crippen LogP contribution in [0.1, 0.15) is 12.5 Å². The third-order valence-electron chi connectivity index (χ3n) is 2.71. The maximum atomic E-state index is 13.2. The van der Waals surface area contributed by atoms with Crippen molar-refractivity contribution >= 4 is 11.8 Å². The van der Waals surface area contributed by atoms with Crippen molar-refractivity contribution in [3.63, 3.8) is 0 Å². The van der Waals surface area contributed by atoms with Gasteiger partial charge in [0.05, 0.1) is 0 Å². The number of benzene rings is 2. The van der Waals surface area contributed by atoms with Crippen LogP contribution in [0, 0.1) is 11.6 Å². The second-order valence-electron chi connectivity index (χ2n) is 4.05. The van der Waals surface area contributed by atoms with E-state index in [0.29, 0.717) is 12.3 Å². The van der Waals surface area contributed by atoms with Crippen molar-refractivity contribution in [1.29, 1.82) is 0 Å². The maximum Gasteiger partial charge on any atom is 0.162 e. The molecule has 0 bridgehead atoms. The van der Waals surface area contributed by atoms with Gasteiger partial charge in [0.15, 0.2) is 11.6 Å². The second-order valence-corrected chi connectivity index (χ2v) is 5.35. The summed E-state index contributed by atoms with van der Waals surface area (Å²) in [5, 5.41) is 0. The summed E-state index contributed by atoms with van der Waals surface area (Å²) in [5.74, 6) is -0.0986. The number of rotatable bonds is 5. The molecule has 0 radical (unpaired) electrons. The molecule has 2 aromatic carbocycles. The molecule has 0 amide bonds. The molecule has 2 rings (SSSR count). The van der Waals surface area contributed by atoms with E-state index < -0.39 is 11.6 Å². The van der Waals surface area contributed by atoms with E-state index in [1.807, 2.05) is 19.1 Å². The van der Waals surface area contributed by atoms with Crippen molar-refractivity contribution in [2.24, 2.45) is 5.73 Å². The third kappa shape index (κ3) is 3.29. The van der Waals surface area contributed by atoms with E-state index >= 15 is 0 Å². The lowest BCUT2D eigenvalue weighted by molar-refractivity contribution is 0.456. The van der Waals surface area contributed by atoms with Crippen molar-refractivity contribution in [1.82, 2.24) is 0 Å². The summed E-state index contributed by atoms with van der Waals surface area (Å²) in [4.78, 5) is 1.04. The number of halogens is 2. The molecule has 0 aromatic heterocycles. The number of ether oxygens (including phenoxy) is 1. The lowest BCUT2D eigenvalue weighted by Crippen LogP contribution is -2.02. The topological polar surface area (TPSA) is 35.2 Å². The van der Waals surface area contributed by atoms with Crippen LogP contribution in [0.4, 0.5) is 8.78 Å². The summed E-state index contributed by atoms with van der Waals surface area (Å²) < 4.78 is 31.7. The Labute approximate surface area is 120 Å². The number of nitrogens with two attached hydrogens (primary N) is 1. The fourth-order valence-corrected chi connectivity index (χ4v) is 2.64. The molecule has 0 atom stereocenters. The van der Waals surface area contributed by atoms with E-state index in [1.54, 1.807) is 17.8 Å². The molecule has 0 fully saturated rings. The molecule has 0 aliphatic carbocycles. The lowest BCUT2D eigenvalue weighted by atomic mass is 10.2. The van der Waals surface area contributed by atoms with E-state index in [2.05, 4.69) is 0 Å². The van der Waals surface area contributed by atoms with Gasteiger partial charge in [-0.15, -0.1) is 11.8 Å². The highest BCUT2D eigenvalue weighted by molar-refractivity contribution is 7.99. The van der Waals surface area contributed by atoms with E-state index in [-0.39, 0.29) is 5.75 Å². The quantitative estimate of drug-likeness (QED) is 0.834.